The maximum absolute atomic E-state index is 10.0. The summed E-state index contributed by atoms with van der Waals surface area (Å²) in [5, 5.41) is 34.5. The van der Waals surface area contributed by atoms with Crippen molar-refractivity contribution in [2.75, 3.05) is 0 Å². The normalized spacial score (nSPS) is 11.3. The molecular formula is C67H49Ir3N6O4-3. The van der Waals surface area contributed by atoms with Crippen molar-refractivity contribution in [2.24, 2.45) is 0 Å². The van der Waals surface area contributed by atoms with Gasteiger partial charge in [-0.25, -0.2) is 0 Å². The Labute approximate surface area is 500 Å². The zero-order valence-electron chi connectivity index (χ0n) is 43.6. The SMILES string of the molecule is CC(=O)C=C(C)O.CC(=O)C=C(C)O.[Ir].[Ir].[Ir].c1cnc2c(c1)ccc1ccc3c4ccccc4[n-]c3c12.c1cnc2c(c1)ccc1ccc3c4ccccc4[n-]c3c12.c1cnc2c(c1)ccc1ccc3c4ccccc4[n-]c3c12. The van der Waals surface area contributed by atoms with Gasteiger partial charge < -0.3 is 25.2 Å². The zero-order valence-corrected chi connectivity index (χ0v) is 50.8. The topological polar surface area (TPSA) is 156 Å². The number of carbonyl (C=O) groups excluding carboxylic acids is 2. The standard InChI is InChI=1S/3C19H11N2.2C5H8O2.3Ir/c3*1-2-6-16-14(5-1)15-10-9-12-7-8-13-4-3-11-20-18(13)17(12)19(15)21-16;2*1-4(6)3-5(2)7;;;/h3*1-11H;2*3,6H,1-2H3;;;/q3*-1;;;;;. The van der Waals surface area contributed by atoms with E-state index < -0.39 is 0 Å². The van der Waals surface area contributed by atoms with Gasteiger partial charge in [0.1, 0.15) is 0 Å². The number of pyridine rings is 3. The zero-order chi connectivity index (χ0) is 53.2. The second-order valence-corrected chi connectivity index (χ2v) is 18.8. The monoisotopic (exact) mass is 1580 g/mol. The van der Waals surface area contributed by atoms with E-state index in [1.165, 1.54) is 88.3 Å². The van der Waals surface area contributed by atoms with E-state index in [4.69, 9.17) is 25.2 Å². The molecule has 9 aromatic carbocycles. The van der Waals surface area contributed by atoms with Gasteiger partial charge in [0, 0.05) is 107 Å². The van der Waals surface area contributed by atoms with E-state index in [-0.39, 0.29) is 83.4 Å². The van der Waals surface area contributed by atoms with Crippen LogP contribution in [0.3, 0.4) is 0 Å². The van der Waals surface area contributed by atoms with E-state index in [1.807, 2.05) is 55.0 Å². The Bertz CT molecular complexity index is 4370. The van der Waals surface area contributed by atoms with Crippen LogP contribution in [0.1, 0.15) is 27.7 Å². The average Bonchev–Trinajstić information content (AvgIpc) is 4.20. The summed E-state index contributed by atoms with van der Waals surface area (Å²) < 4.78 is 0. The van der Waals surface area contributed by atoms with E-state index in [2.05, 4.69) is 161 Å². The van der Waals surface area contributed by atoms with Crippen molar-refractivity contribution < 1.29 is 80.1 Å². The van der Waals surface area contributed by atoms with Gasteiger partial charge >= 0.3 is 0 Å². The molecule has 6 heterocycles. The van der Waals surface area contributed by atoms with Crippen LogP contribution in [0.4, 0.5) is 0 Å². The van der Waals surface area contributed by atoms with Crippen LogP contribution >= 0.6 is 0 Å². The molecule has 80 heavy (non-hydrogen) atoms. The summed E-state index contributed by atoms with van der Waals surface area (Å²) >= 11 is 0. The molecule has 0 saturated carbocycles. The van der Waals surface area contributed by atoms with Gasteiger partial charge in [-0.15, -0.1) is 33.1 Å². The summed E-state index contributed by atoms with van der Waals surface area (Å²) in [6.07, 6.45) is 7.88. The first-order valence-electron chi connectivity index (χ1n) is 25.1. The van der Waals surface area contributed by atoms with Gasteiger partial charge in [0.25, 0.3) is 0 Å². The maximum Gasteiger partial charge on any atom is 0.155 e. The van der Waals surface area contributed by atoms with E-state index in [1.54, 1.807) is 0 Å². The number of hydrogen-bond donors (Lipinski definition) is 2. The molecule has 0 aliphatic carbocycles. The number of allylic oxidation sites excluding steroid dienone is 4. The summed E-state index contributed by atoms with van der Waals surface area (Å²) in [4.78, 5) is 48.4. The summed E-state index contributed by atoms with van der Waals surface area (Å²) in [6, 6.07) is 63.0. The summed E-state index contributed by atoms with van der Waals surface area (Å²) in [5.41, 5.74) is 9.40. The number of nitrogens with zero attached hydrogens (tertiary/aromatic N) is 6. The summed E-state index contributed by atoms with van der Waals surface area (Å²) in [6.45, 7) is 5.70. The molecule has 15 aromatic rings. The van der Waals surface area contributed by atoms with Crippen LogP contribution in [0.2, 0.25) is 0 Å². The largest absolute Gasteiger partial charge is 0.656 e. The number of fused-ring (bicyclic) bond motifs is 21. The Morgan fingerprint density at radius 2 is 0.600 bits per heavy atom. The van der Waals surface area contributed by atoms with Crippen LogP contribution in [-0.4, -0.2) is 36.7 Å². The molecule has 0 bridgehead atoms. The predicted octanol–water partition coefficient (Wildman–Crippen LogP) is 16.0. The van der Waals surface area contributed by atoms with Crippen molar-refractivity contribution in [3.8, 4) is 0 Å². The first-order chi connectivity index (χ1) is 37.5. The molecule has 6 aromatic heterocycles. The third-order valence-corrected chi connectivity index (χ3v) is 13.3. The van der Waals surface area contributed by atoms with Crippen LogP contribution in [0, 0.1) is 0 Å². The number of carbonyl (C=O) groups is 2. The average molecular weight is 1580 g/mol. The molecule has 13 heteroatoms. The number of hydrogen-bond acceptors (Lipinski definition) is 7. The van der Waals surface area contributed by atoms with Gasteiger partial charge in [0.05, 0.1) is 28.1 Å². The van der Waals surface area contributed by atoms with Crippen molar-refractivity contribution in [2.45, 2.75) is 27.7 Å². The van der Waals surface area contributed by atoms with Crippen LogP contribution in [0.5, 0.6) is 0 Å². The molecule has 0 aliphatic heterocycles. The quantitative estimate of drug-likeness (QED) is 0.0970. The van der Waals surface area contributed by atoms with E-state index in [9.17, 15) is 9.59 Å². The van der Waals surface area contributed by atoms with Crippen LogP contribution in [0.25, 0.3) is 130 Å². The number of ketones is 2. The first kappa shape index (κ1) is 57.9. The van der Waals surface area contributed by atoms with Gasteiger partial charge in [-0.05, 0) is 111 Å². The number of benzene rings is 9. The third-order valence-electron chi connectivity index (χ3n) is 13.3. The Morgan fingerprint density at radius 1 is 0.338 bits per heavy atom. The van der Waals surface area contributed by atoms with Crippen molar-refractivity contribution in [3.05, 3.63) is 224 Å². The number of aliphatic hydroxyl groups excluding tert-OH is 2. The Morgan fingerprint density at radius 3 is 0.863 bits per heavy atom. The molecule has 0 unspecified atom stereocenters. The maximum atomic E-state index is 10.0. The van der Waals surface area contributed by atoms with Crippen LogP contribution in [-0.2, 0) is 69.9 Å². The molecule has 0 fully saturated rings. The molecule has 15 rings (SSSR count). The van der Waals surface area contributed by atoms with Crippen LogP contribution < -0.4 is 15.0 Å². The second-order valence-electron chi connectivity index (χ2n) is 18.8. The molecule has 0 spiro atoms. The molecule has 0 saturated heterocycles. The van der Waals surface area contributed by atoms with Gasteiger partial charge in [-0.2, -0.15) is 0 Å². The second kappa shape index (κ2) is 25.3. The van der Waals surface area contributed by atoms with E-state index >= 15 is 0 Å². The smallest absolute Gasteiger partial charge is 0.155 e. The van der Waals surface area contributed by atoms with Crippen LogP contribution in [0.15, 0.2) is 224 Å². The van der Waals surface area contributed by atoms with Crippen molar-refractivity contribution in [3.63, 3.8) is 0 Å². The molecule has 10 nitrogen and oxygen atoms in total. The molecule has 3 radical (unpaired) electrons. The fourth-order valence-electron chi connectivity index (χ4n) is 10.2. The third kappa shape index (κ3) is 11.7. The minimum absolute atomic E-state index is 0. The van der Waals surface area contributed by atoms with Gasteiger partial charge in [0.15, 0.2) is 11.6 Å². The van der Waals surface area contributed by atoms with Crippen molar-refractivity contribution in [1.29, 1.82) is 0 Å². The number of aliphatic hydroxyl groups is 2. The van der Waals surface area contributed by atoms with Gasteiger partial charge in [-0.3, -0.25) is 24.5 Å². The van der Waals surface area contributed by atoms with Crippen molar-refractivity contribution >= 4 is 142 Å². The van der Waals surface area contributed by atoms with Gasteiger partial charge in [-0.1, -0.05) is 164 Å². The first-order valence-corrected chi connectivity index (χ1v) is 25.1. The van der Waals surface area contributed by atoms with Crippen molar-refractivity contribution in [1.82, 2.24) is 29.9 Å². The summed E-state index contributed by atoms with van der Waals surface area (Å²) in [5.74, 6) is -0.125. The number of para-hydroxylation sites is 3. The predicted molar refractivity (Wildman–Crippen MR) is 317 cm³/mol. The van der Waals surface area contributed by atoms with E-state index in [0.29, 0.717) is 0 Å². The number of rotatable bonds is 2. The molecular weight excluding hydrogens is 1530 g/mol. The molecule has 401 valence electrons. The molecule has 2 N–H and O–H groups in total. The molecule has 0 atom stereocenters. The minimum atomic E-state index is -0.125. The fourth-order valence-corrected chi connectivity index (χ4v) is 10.2. The fraction of sp³-hybridized carbons (Fsp3) is 0.0597. The number of aromatic nitrogens is 6. The Balaban J connectivity index is 0.000000139. The Hall–Kier alpha value is -8.24. The van der Waals surface area contributed by atoms with Gasteiger partial charge in [0.2, 0.25) is 0 Å². The van der Waals surface area contributed by atoms with E-state index in [0.717, 1.165) is 82.0 Å². The Kier molecular flexibility index (Phi) is 18.3. The minimum Gasteiger partial charge on any atom is -0.656 e. The summed E-state index contributed by atoms with van der Waals surface area (Å²) in [7, 11) is 0. The molecule has 0 amide bonds. The molecule has 0 aliphatic rings.